The molecule has 1 fully saturated rings. The van der Waals surface area contributed by atoms with E-state index in [0.29, 0.717) is 5.25 Å². The van der Waals surface area contributed by atoms with E-state index in [1.165, 1.54) is 7.11 Å². The van der Waals surface area contributed by atoms with Gasteiger partial charge in [-0.2, -0.15) is 0 Å². The van der Waals surface area contributed by atoms with Gasteiger partial charge in [-0.1, -0.05) is 18.7 Å². The maximum Gasteiger partial charge on any atom is 0.326 e. The van der Waals surface area contributed by atoms with Crippen LogP contribution < -0.4 is 5.32 Å². The Labute approximate surface area is 123 Å². The summed E-state index contributed by atoms with van der Waals surface area (Å²) in [4.78, 5) is 16.5. The standard InChI is InChI=1S/C13H22N4O2S/c1-4-14-13(11(18)19-3)7-5-6-10(8-13)20-12-15-9(2)16-17-12/h10,14H,4-8H2,1-3H3,(H,15,16,17). The second-order valence-corrected chi connectivity index (χ2v) is 6.41. The fourth-order valence-electron chi connectivity index (χ4n) is 2.80. The Balaban J connectivity index is 2.07. The maximum absolute atomic E-state index is 12.1. The van der Waals surface area contributed by atoms with Crippen molar-refractivity contribution in [3.05, 3.63) is 5.82 Å². The van der Waals surface area contributed by atoms with E-state index in [1.807, 2.05) is 13.8 Å². The molecule has 1 aliphatic carbocycles. The van der Waals surface area contributed by atoms with Crippen molar-refractivity contribution in [2.45, 2.75) is 55.5 Å². The van der Waals surface area contributed by atoms with Crippen LogP contribution >= 0.6 is 11.8 Å². The number of rotatable bonds is 5. The fraction of sp³-hybridized carbons (Fsp3) is 0.769. The van der Waals surface area contributed by atoms with Crippen LogP contribution in [-0.2, 0) is 9.53 Å². The van der Waals surface area contributed by atoms with E-state index >= 15 is 0 Å². The van der Waals surface area contributed by atoms with Gasteiger partial charge in [-0.05, 0) is 39.2 Å². The summed E-state index contributed by atoms with van der Waals surface area (Å²) in [6.45, 7) is 4.65. The molecule has 2 N–H and O–H groups in total. The molecule has 112 valence electrons. The van der Waals surface area contributed by atoms with Gasteiger partial charge < -0.3 is 10.1 Å². The fourth-order valence-corrected chi connectivity index (χ4v) is 4.04. The van der Waals surface area contributed by atoms with Crippen LogP contribution in [0.1, 0.15) is 38.4 Å². The molecule has 0 aliphatic heterocycles. The molecule has 6 nitrogen and oxygen atoms in total. The molecular weight excluding hydrogens is 276 g/mol. The number of hydrogen-bond donors (Lipinski definition) is 2. The summed E-state index contributed by atoms with van der Waals surface area (Å²) in [6, 6.07) is 0. The Morgan fingerprint density at radius 3 is 3.05 bits per heavy atom. The molecule has 2 unspecified atom stereocenters. The lowest BCUT2D eigenvalue weighted by Gasteiger charge is -2.38. The number of aryl methyl sites for hydroxylation is 1. The van der Waals surface area contributed by atoms with Crippen LogP contribution in [-0.4, -0.2) is 45.6 Å². The molecule has 0 saturated heterocycles. The lowest BCUT2D eigenvalue weighted by atomic mass is 9.81. The zero-order chi connectivity index (χ0) is 14.6. The monoisotopic (exact) mass is 298 g/mol. The minimum Gasteiger partial charge on any atom is -0.468 e. The number of hydrogen-bond acceptors (Lipinski definition) is 6. The number of esters is 1. The molecule has 1 aromatic rings. The number of carbonyl (C=O) groups excluding carboxylic acids is 1. The second kappa shape index (κ2) is 6.58. The first kappa shape index (κ1) is 15.3. The number of ether oxygens (including phenoxy) is 1. The molecule has 0 bridgehead atoms. The molecule has 20 heavy (non-hydrogen) atoms. The minimum absolute atomic E-state index is 0.157. The lowest BCUT2D eigenvalue weighted by molar-refractivity contribution is -0.150. The predicted octanol–water partition coefficient (Wildman–Crippen LogP) is 1.67. The Hall–Kier alpha value is -1.08. The number of carbonyl (C=O) groups is 1. The Morgan fingerprint density at radius 1 is 1.65 bits per heavy atom. The third kappa shape index (κ3) is 3.32. The molecule has 0 radical (unpaired) electrons. The molecular formula is C13H22N4O2S. The van der Waals surface area contributed by atoms with E-state index in [-0.39, 0.29) is 5.97 Å². The van der Waals surface area contributed by atoms with Gasteiger partial charge in [-0.25, -0.2) is 4.98 Å². The third-order valence-electron chi connectivity index (χ3n) is 3.65. The van der Waals surface area contributed by atoms with Crippen molar-refractivity contribution in [2.24, 2.45) is 0 Å². The molecule has 1 aliphatic rings. The summed E-state index contributed by atoms with van der Waals surface area (Å²) in [5, 5.41) is 11.4. The quantitative estimate of drug-likeness (QED) is 0.805. The van der Waals surface area contributed by atoms with Gasteiger partial charge in [0.05, 0.1) is 7.11 Å². The number of likely N-dealkylation sites (N-methyl/N-ethyl adjacent to an activating group) is 1. The van der Waals surface area contributed by atoms with E-state index in [2.05, 4.69) is 20.5 Å². The second-order valence-electron chi connectivity index (χ2n) is 5.14. The molecule has 0 spiro atoms. The van der Waals surface area contributed by atoms with Crippen molar-refractivity contribution in [2.75, 3.05) is 13.7 Å². The van der Waals surface area contributed by atoms with Gasteiger partial charge in [0.2, 0.25) is 5.16 Å². The molecule has 0 aromatic carbocycles. The summed E-state index contributed by atoms with van der Waals surface area (Å²) in [6.07, 6.45) is 3.66. The number of H-pyrrole nitrogens is 1. The summed E-state index contributed by atoms with van der Waals surface area (Å²) in [5.41, 5.74) is -0.551. The van der Waals surface area contributed by atoms with Gasteiger partial charge in [-0.3, -0.25) is 9.89 Å². The average molecular weight is 298 g/mol. The van der Waals surface area contributed by atoms with Crippen LogP contribution in [0.5, 0.6) is 0 Å². The van der Waals surface area contributed by atoms with Crippen molar-refractivity contribution in [3.63, 3.8) is 0 Å². The SMILES string of the molecule is CCNC1(C(=O)OC)CCCC(Sc2n[nH]c(C)n2)C1. The van der Waals surface area contributed by atoms with Crippen molar-refractivity contribution >= 4 is 17.7 Å². The van der Waals surface area contributed by atoms with E-state index in [1.54, 1.807) is 11.8 Å². The number of thioether (sulfide) groups is 1. The highest BCUT2D eigenvalue weighted by Crippen LogP contribution is 2.37. The van der Waals surface area contributed by atoms with Crippen LogP contribution in [0.2, 0.25) is 0 Å². The highest BCUT2D eigenvalue weighted by molar-refractivity contribution is 7.99. The largest absolute Gasteiger partial charge is 0.468 e. The zero-order valence-electron chi connectivity index (χ0n) is 12.2. The van der Waals surface area contributed by atoms with E-state index in [9.17, 15) is 4.79 Å². The van der Waals surface area contributed by atoms with Crippen molar-refractivity contribution in [3.8, 4) is 0 Å². The predicted molar refractivity (Wildman–Crippen MR) is 77.7 cm³/mol. The van der Waals surface area contributed by atoms with Crippen LogP contribution in [0.3, 0.4) is 0 Å². The number of methoxy groups -OCH3 is 1. The normalized spacial score (nSPS) is 26.4. The van der Waals surface area contributed by atoms with E-state index in [0.717, 1.165) is 43.2 Å². The molecule has 7 heteroatoms. The third-order valence-corrected chi connectivity index (χ3v) is 4.77. The molecule has 1 aromatic heterocycles. The topological polar surface area (TPSA) is 79.9 Å². The van der Waals surface area contributed by atoms with Crippen molar-refractivity contribution in [1.82, 2.24) is 20.5 Å². The smallest absolute Gasteiger partial charge is 0.326 e. The first-order valence-electron chi connectivity index (χ1n) is 6.99. The summed E-state index contributed by atoms with van der Waals surface area (Å²) >= 11 is 1.64. The number of nitrogens with one attached hydrogen (secondary N) is 2. The minimum atomic E-state index is -0.551. The van der Waals surface area contributed by atoms with Gasteiger partial charge in [0.1, 0.15) is 11.4 Å². The Morgan fingerprint density at radius 2 is 2.45 bits per heavy atom. The van der Waals surface area contributed by atoms with Crippen molar-refractivity contribution in [1.29, 1.82) is 0 Å². The van der Waals surface area contributed by atoms with Crippen molar-refractivity contribution < 1.29 is 9.53 Å². The Kier molecular flexibility index (Phi) is 5.04. The Bertz CT molecular complexity index is 461. The first-order valence-corrected chi connectivity index (χ1v) is 7.86. The van der Waals surface area contributed by atoms with E-state index < -0.39 is 5.54 Å². The summed E-state index contributed by atoms with van der Waals surface area (Å²) in [5.74, 6) is 0.657. The summed E-state index contributed by atoms with van der Waals surface area (Å²) < 4.78 is 5.00. The van der Waals surface area contributed by atoms with Crippen LogP contribution in [0.15, 0.2) is 5.16 Å². The summed E-state index contributed by atoms with van der Waals surface area (Å²) in [7, 11) is 1.46. The first-order chi connectivity index (χ1) is 9.59. The van der Waals surface area contributed by atoms with Gasteiger partial charge in [0, 0.05) is 5.25 Å². The zero-order valence-corrected chi connectivity index (χ0v) is 13.0. The highest BCUT2D eigenvalue weighted by atomic mass is 32.2. The molecule has 0 amide bonds. The van der Waals surface area contributed by atoms with Gasteiger partial charge in [0.25, 0.3) is 0 Å². The van der Waals surface area contributed by atoms with Gasteiger partial charge in [-0.15, -0.1) is 5.10 Å². The average Bonchev–Trinajstić information content (AvgIpc) is 2.84. The van der Waals surface area contributed by atoms with Crippen LogP contribution in [0.4, 0.5) is 0 Å². The van der Waals surface area contributed by atoms with Gasteiger partial charge >= 0.3 is 5.97 Å². The molecule has 1 heterocycles. The lowest BCUT2D eigenvalue weighted by Crippen LogP contribution is -2.56. The molecule has 2 atom stereocenters. The number of nitrogens with zero attached hydrogens (tertiary/aromatic N) is 2. The number of aromatic amines is 1. The highest BCUT2D eigenvalue weighted by Gasteiger charge is 2.43. The maximum atomic E-state index is 12.1. The van der Waals surface area contributed by atoms with Crippen LogP contribution in [0, 0.1) is 6.92 Å². The number of aromatic nitrogens is 3. The van der Waals surface area contributed by atoms with Gasteiger partial charge in [0.15, 0.2) is 0 Å². The van der Waals surface area contributed by atoms with Crippen LogP contribution in [0.25, 0.3) is 0 Å². The van der Waals surface area contributed by atoms with E-state index in [4.69, 9.17) is 4.74 Å². The molecule has 1 saturated carbocycles. The molecule has 2 rings (SSSR count).